The van der Waals surface area contributed by atoms with Gasteiger partial charge in [-0.15, -0.1) is 0 Å². The van der Waals surface area contributed by atoms with E-state index in [2.05, 4.69) is 5.32 Å². The standard InChI is InChI=1S/C18H17F2N3O/c1-11(15-8-7-14(19)9-16(15)20)22-12(2)18(24)23-17-6-4-3-5-13(17)10-21/h3-9,11-12,22H,1-2H3,(H,23,24)/p+1/t11-,12-/m1/s1. The van der Waals surface area contributed by atoms with E-state index in [0.717, 1.165) is 6.07 Å². The molecule has 124 valence electrons. The second kappa shape index (κ2) is 7.66. The number of carbonyl (C=O) groups is 1. The Bertz CT molecular complexity index is 786. The summed E-state index contributed by atoms with van der Waals surface area (Å²) in [7, 11) is 0. The summed E-state index contributed by atoms with van der Waals surface area (Å²) in [5, 5.41) is 13.4. The fourth-order valence-corrected chi connectivity index (χ4v) is 2.43. The zero-order chi connectivity index (χ0) is 17.7. The largest absolute Gasteiger partial charge is 0.330 e. The zero-order valence-electron chi connectivity index (χ0n) is 13.4. The van der Waals surface area contributed by atoms with Crippen LogP contribution in [0.5, 0.6) is 0 Å². The van der Waals surface area contributed by atoms with Crippen LogP contribution >= 0.6 is 0 Å². The van der Waals surface area contributed by atoms with Crippen LogP contribution in [-0.4, -0.2) is 11.9 Å². The molecular formula is C18H18F2N3O+. The molecule has 2 atom stereocenters. The summed E-state index contributed by atoms with van der Waals surface area (Å²) in [6, 6.07) is 11.2. The average Bonchev–Trinajstić information content (AvgIpc) is 2.55. The van der Waals surface area contributed by atoms with Gasteiger partial charge < -0.3 is 10.6 Å². The number of rotatable bonds is 5. The van der Waals surface area contributed by atoms with Crippen LogP contribution in [0.4, 0.5) is 14.5 Å². The topological polar surface area (TPSA) is 69.5 Å². The first-order valence-electron chi connectivity index (χ1n) is 7.52. The van der Waals surface area contributed by atoms with Crippen molar-refractivity contribution in [2.75, 3.05) is 5.32 Å². The van der Waals surface area contributed by atoms with E-state index in [1.54, 1.807) is 43.4 Å². The Morgan fingerprint density at radius 1 is 1.21 bits per heavy atom. The quantitative estimate of drug-likeness (QED) is 0.884. The van der Waals surface area contributed by atoms with Crippen LogP contribution in [0.25, 0.3) is 0 Å². The van der Waals surface area contributed by atoms with Crippen molar-refractivity contribution in [1.82, 2.24) is 0 Å². The van der Waals surface area contributed by atoms with Gasteiger partial charge in [0.05, 0.1) is 11.3 Å². The number of anilines is 1. The number of benzene rings is 2. The molecule has 0 fully saturated rings. The number of quaternary nitrogens is 1. The number of amides is 1. The van der Waals surface area contributed by atoms with Gasteiger partial charge in [0.25, 0.3) is 5.91 Å². The van der Waals surface area contributed by atoms with E-state index in [1.165, 1.54) is 12.1 Å². The van der Waals surface area contributed by atoms with Crippen LogP contribution in [0.1, 0.15) is 31.0 Å². The van der Waals surface area contributed by atoms with Gasteiger partial charge in [-0.3, -0.25) is 4.79 Å². The van der Waals surface area contributed by atoms with Crippen molar-refractivity contribution >= 4 is 11.6 Å². The minimum atomic E-state index is -0.638. The van der Waals surface area contributed by atoms with E-state index < -0.39 is 17.7 Å². The Morgan fingerprint density at radius 3 is 2.58 bits per heavy atom. The van der Waals surface area contributed by atoms with Gasteiger partial charge in [-0.05, 0) is 38.1 Å². The third-order valence-electron chi connectivity index (χ3n) is 3.75. The lowest BCUT2D eigenvalue weighted by Gasteiger charge is -2.17. The van der Waals surface area contributed by atoms with Crippen molar-refractivity contribution in [3.05, 3.63) is 65.2 Å². The molecule has 4 nitrogen and oxygen atoms in total. The van der Waals surface area contributed by atoms with E-state index in [9.17, 15) is 13.6 Å². The van der Waals surface area contributed by atoms with Crippen molar-refractivity contribution in [3.8, 4) is 6.07 Å². The Labute approximate surface area is 139 Å². The maximum atomic E-state index is 13.8. The molecule has 6 heteroatoms. The van der Waals surface area contributed by atoms with E-state index >= 15 is 0 Å². The van der Waals surface area contributed by atoms with Gasteiger partial charge in [0.15, 0.2) is 6.04 Å². The molecule has 0 heterocycles. The summed E-state index contributed by atoms with van der Waals surface area (Å²) in [5.41, 5.74) is 1.13. The normalized spacial score (nSPS) is 13.0. The molecule has 3 N–H and O–H groups in total. The maximum absolute atomic E-state index is 13.8. The number of nitrogens with two attached hydrogens (primary N) is 1. The summed E-state index contributed by atoms with van der Waals surface area (Å²) >= 11 is 0. The van der Waals surface area contributed by atoms with Gasteiger partial charge >= 0.3 is 0 Å². The molecule has 0 unspecified atom stereocenters. The van der Waals surface area contributed by atoms with Gasteiger partial charge in [-0.2, -0.15) is 5.26 Å². The number of carbonyl (C=O) groups excluding carboxylic acids is 1. The van der Waals surface area contributed by atoms with Crippen LogP contribution < -0.4 is 10.6 Å². The molecule has 0 radical (unpaired) electrons. The van der Waals surface area contributed by atoms with E-state index in [1.807, 2.05) is 6.07 Å². The maximum Gasteiger partial charge on any atom is 0.282 e. The highest BCUT2D eigenvalue weighted by atomic mass is 19.1. The predicted molar refractivity (Wildman–Crippen MR) is 85.9 cm³/mol. The lowest BCUT2D eigenvalue weighted by atomic mass is 10.1. The number of nitriles is 1. The number of hydrogen-bond acceptors (Lipinski definition) is 2. The van der Waals surface area contributed by atoms with Crippen molar-refractivity contribution in [2.24, 2.45) is 0 Å². The first-order valence-corrected chi connectivity index (χ1v) is 7.52. The van der Waals surface area contributed by atoms with Crippen LogP contribution in [0.2, 0.25) is 0 Å². The summed E-state index contributed by atoms with van der Waals surface area (Å²) in [6.07, 6.45) is 0. The van der Waals surface area contributed by atoms with Crippen molar-refractivity contribution < 1.29 is 18.9 Å². The monoisotopic (exact) mass is 330 g/mol. The molecule has 0 aromatic heterocycles. The minimum absolute atomic E-state index is 0.299. The molecule has 0 bridgehead atoms. The molecule has 0 aliphatic rings. The fraction of sp³-hybridized carbons (Fsp3) is 0.222. The molecule has 0 aliphatic carbocycles. The lowest BCUT2D eigenvalue weighted by Crippen LogP contribution is -2.91. The Balaban J connectivity index is 2.04. The third kappa shape index (κ3) is 4.15. The second-order valence-corrected chi connectivity index (χ2v) is 5.58. The van der Waals surface area contributed by atoms with Gasteiger partial charge in [0.2, 0.25) is 0 Å². The molecule has 2 aromatic rings. The number of nitrogens with one attached hydrogen (secondary N) is 1. The summed E-state index contributed by atoms with van der Waals surface area (Å²) in [4.78, 5) is 12.3. The first kappa shape index (κ1) is 17.6. The van der Waals surface area contributed by atoms with Crippen LogP contribution in [0, 0.1) is 23.0 Å². The minimum Gasteiger partial charge on any atom is -0.330 e. The number of para-hydroxylation sites is 1. The van der Waals surface area contributed by atoms with E-state index in [4.69, 9.17) is 5.26 Å². The van der Waals surface area contributed by atoms with Gasteiger partial charge in [-0.1, -0.05) is 12.1 Å². The Morgan fingerprint density at radius 2 is 1.92 bits per heavy atom. The van der Waals surface area contributed by atoms with Crippen molar-refractivity contribution in [1.29, 1.82) is 5.26 Å². The van der Waals surface area contributed by atoms with Gasteiger partial charge in [0.1, 0.15) is 23.7 Å². The summed E-state index contributed by atoms with van der Waals surface area (Å²) in [5.74, 6) is -1.57. The van der Waals surface area contributed by atoms with E-state index in [-0.39, 0.29) is 11.9 Å². The molecule has 0 aliphatic heterocycles. The SMILES string of the molecule is C[C@@H]([NH2+][C@H](C)c1ccc(F)cc1F)C(=O)Nc1ccccc1C#N. The first-order chi connectivity index (χ1) is 11.4. The zero-order valence-corrected chi connectivity index (χ0v) is 13.4. The second-order valence-electron chi connectivity index (χ2n) is 5.58. The predicted octanol–water partition coefficient (Wildman–Crippen LogP) is 2.49. The number of nitrogens with zero attached hydrogens (tertiary/aromatic N) is 1. The molecule has 2 aromatic carbocycles. The molecular weight excluding hydrogens is 312 g/mol. The smallest absolute Gasteiger partial charge is 0.282 e. The Kier molecular flexibility index (Phi) is 5.61. The molecule has 2 rings (SSSR count). The highest BCUT2D eigenvalue weighted by Crippen LogP contribution is 2.16. The fourth-order valence-electron chi connectivity index (χ4n) is 2.43. The number of hydrogen-bond donors (Lipinski definition) is 2. The van der Waals surface area contributed by atoms with Crippen molar-refractivity contribution in [2.45, 2.75) is 25.9 Å². The average molecular weight is 330 g/mol. The van der Waals surface area contributed by atoms with Crippen LogP contribution in [0.3, 0.4) is 0 Å². The van der Waals surface area contributed by atoms with Crippen molar-refractivity contribution in [3.63, 3.8) is 0 Å². The molecule has 1 amide bonds. The Hall–Kier alpha value is -2.78. The van der Waals surface area contributed by atoms with Gasteiger partial charge in [0, 0.05) is 11.6 Å². The van der Waals surface area contributed by atoms with Crippen LogP contribution in [-0.2, 0) is 4.79 Å². The van der Waals surface area contributed by atoms with Crippen LogP contribution in [0.15, 0.2) is 42.5 Å². The molecule has 24 heavy (non-hydrogen) atoms. The molecule has 0 spiro atoms. The van der Waals surface area contributed by atoms with Gasteiger partial charge in [-0.25, -0.2) is 8.78 Å². The summed E-state index contributed by atoms with van der Waals surface area (Å²) in [6.45, 7) is 3.42. The summed E-state index contributed by atoms with van der Waals surface area (Å²) < 4.78 is 26.8. The molecule has 0 saturated heterocycles. The lowest BCUT2D eigenvalue weighted by molar-refractivity contribution is -0.710. The highest BCUT2D eigenvalue weighted by molar-refractivity contribution is 5.94. The number of halogens is 2. The molecule has 0 saturated carbocycles. The third-order valence-corrected chi connectivity index (χ3v) is 3.75. The van der Waals surface area contributed by atoms with E-state index in [0.29, 0.717) is 16.8 Å². The highest BCUT2D eigenvalue weighted by Gasteiger charge is 2.23.